The molecule has 0 aromatic heterocycles. The van der Waals surface area contributed by atoms with Crippen molar-refractivity contribution >= 4 is 47.5 Å². The monoisotopic (exact) mass is 422 g/mol. The van der Waals surface area contributed by atoms with Crippen molar-refractivity contribution in [2.24, 2.45) is 4.99 Å². The predicted octanol–water partition coefficient (Wildman–Crippen LogP) is 6.57. The molecule has 0 bridgehead atoms. The van der Waals surface area contributed by atoms with Gasteiger partial charge in [0.2, 0.25) is 0 Å². The van der Waals surface area contributed by atoms with E-state index in [-0.39, 0.29) is 30.2 Å². The van der Waals surface area contributed by atoms with E-state index in [0.717, 1.165) is 22.4 Å². The molecule has 5 heteroatoms. The number of hydrogen-bond acceptors (Lipinski definition) is 2. The molecule has 0 unspecified atom stereocenters. The van der Waals surface area contributed by atoms with Gasteiger partial charge in [0.1, 0.15) is 0 Å². The van der Waals surface area contributed by atoms with E-state index in [1.54, 1.807) is 20.8 Å². The molecule has 26 heavy (non-hydrogen) atoms. The van der Waals surface area contributed by atoms with Crippen LogP contribution in [0.15, 0.2) is 65.7 Å². The van der Waals surface area contributed by atoms with E-state index < -0.39 is 0 Å². The molecule has 0 spiro atoms. The first-order chi connectivity index (χ1) is 11.5. The summed E-state index contributed by atoms with van der Waals surface area (Å²) < 4.78 is 5.69. The molecule has 0 aliphatic carbocycles. The Kier molecular flexibility index (Phi) is 8.37. The van der Waals surface area contributed by atoms with E-state index in [1.807, 2.05) is 36.5 Å². The molecule has 0 atom stereocenters. The molecule has 2 nitrogen and oxygen atoms in total. The average Bonchev–Trinajstić information content (AvgIpc) is 2.58. The van der Waals surface area contributed by atoms with Gasteiger partial charge in [-0.1, -0.05) is 0 Å². The zero-order valence-corrected chi connectivity index (χ0v) is 18.2. The van der Waals surface area contributed by atoms with E-state index in [4.69, 9.17) is 8.31 Å². The largest absolute Gasteiger partial charge is 0.147 e. The van der Waals surface area contributed by atoms with Crippen molar-refractivity contribution in [3.05, 3.63) is 71.8 Å². The Morgan fingerprint density at radius 3 is 2.23 bits per heavy atom. The SMILES string of the molecule is CC(C)(C)c1cccc(C=Nc2cccc3ccccc23)c1[O][Ti].Cl.Cl. The first-order valence-electron chi connectivity index (χ1n) is 7.99. The molecule has 0 aliphatic rings. The standard InChI is InChI=1S/C21H21NO.2ClH.Ti/c1-21(2,3)18-12-6-10-16(20(18)23)14-22-19-13-7-9-15-8-4-5-11-17(15)19;;;/h4-14,23H,1-3H3;2*1H;/q;;;+1/p-1. The summed E-state index contributed by atoms with van der Waals surface area (Å²) in [5.74, 6) is 0.897. The topological polar surface area (TPSA) is 21.6 Å². The van der Waals surface area contributed by atoms with Crippen LogP contribution in [0, 0.1) is 0 Å². The van der Waals surface area contributed by atoms with Crippen molar-refractivity contribution in [1.82, 2.24) is 0 Å². The fourth-order valence-electron chi connectivity index (χ4n) is 2.82. The van der Waals surface area contributed by atoms with Crippen LogP contribution in [0.2, 0.25) is 0 Å². The number of fused-ring (bicyclic) bond motifs is 1. The second kappa shape index (κ2) is 9.57. The molecule has 0 aliphatic heterocycles. The normalized spacial score (nSPS) is 11.0. The van der Waals surface area contributed by atoms with Gasteiger partial charge in [0.05, 0.1) is 0 Å². The van der Waals surface area contributed by atoms with Gasteiger partial charge in [-0.2, -0.15) is 0 Å². The van der Waals surface area contributed by atoms with Crippen molar-refractivity contribution < 1.29 is 24.1 Å². The molecular weight excluding hydrogens is 401 g/mol. The second-order valence-corrected chi connectivity index (χ2v) is 7.15. The van der Waals surface area contributed by atoms with Crippen LogP contribution in [0.1, 0.15) is 31.9 Å². The predicted molar refractivity (Wildman–Crippen MR) is 111 cm³/mol. The van der Waals surface area contributed by atoms with Crippen molar-refractivity contribution in [2.75, 3.05) is 0 Å². The summed E-state index contributed by atoms with van der Waals surface area (Å²) in [5.41, 5.74) is 3.18. The number of benzene rings is 3. The zero-order chi connectivity index (χ0) is 17.2. The maximum Gasteiger partial charge on any atom is -0.147 e. The molecule has 0 amide bonds. The van der Waals surface area contributed by atoms with Crippen LogP contribution in [0.5, 0.6) is 5.75 Å². The molecule has 0 saturated carbocycles. The Balaban J connectivity index is 0.00000169. The molecule has 0 saturated heterocycles. The van der Waals surface area contributed by atoms with Crippen LogP contribution in [0.25, 0.3) is 10.8 Å². The number of aliphatic imine (C=N–C) groups is 1. The Morgan fingerprint density at radius 2 is 1.54 bits per heavy atom. The first-order valence-corrected chi connectivity index (χ1v) is 8.63. The van der Waals surface area contributed by atoms with E-state index >= 15 is 0 Å². The van der Waals surface area contributed by atoms with Crippen molar-refractivity contribution in [2.45, 2.75) is 26.2 Å². The number of nitrogens with zero attached hydrogens (tertiary/aromatic N) is 1. The Bertz CT molecular complexity index is 899. The van der Waals surface area contributed by atoms with Crippen LogP contribution in [0.4, 0.5) is 5.69 Å². The minimum absolute atomic E-state index is 0. The second-order valence-electron chi connectivity index (χ2n) is 6.83. The van der Waals surface area contributed by atoms with Gasteiger partial charge in [0.25, 0.3) is 0 Å². The van der Waals surface area contributed by atoms with Gasteiger partial charge in [0.15, 0.2) is 0 Å². The molecule has 0 heterocycles. The van der Waals surface area contributed by atoms with Gasteiger partial charge in [-0.3, -0.25) is 0 Å². The average molecular weight is 423 g/mol. The summed E-state index contributed by atoms with van der Waals surface area (Å²) in [6.07, 6.45) is 1.90. The van der Waals surface area contributed by atoms with Crippen LogP contribution in [-0.4, -0.2) is 6.21 Å². The maximum absolute atomic E-state index is 5.69. The van der Waals surface area contributed by atoms with Crippen molar-refractivity contribution in [1.29, 1.82) is 0 Å². The van der Waals surface area contributed by atoms with Gasteiger partial charge in [0, 0.05) is 0 Å². The van der Waals surface area contributed by atoms with E-state index in [1.165, 1.54) is 10.9 Å². The van der Waals surface area contributed by atoms with E-state index in [2.05, 4.69) is 51.1 Å². The number of para-hydroxylation sites is 1. The summed E-state index contributed by atoms with van der Waals surface area (Å²) in [4.78, 5) is 4.73. The Labute approximate surface area is 179 Å². The summed E-state index contributed by atoms with van der Waals surface area (Å²) >= 11 is 1.72. The Hall–Kier alpha value is -1.32. The number of hydrogen-bond donors (Lipinski definition) is 0. The fourth-order valence-corrected chi connectivity index (χ4v) is 3.18. The van der Waals surface area contributed by atoms with Gasteiger partial charge < -0.3 is 0 Å². The van der Waals surface area contributed by atoms with Crippen LogP contribution >= 0.6 is 24.8 Å². The van der Waals surface area contributed by atoms with E-state index in [0.29, 0.717) is 0 Å². The number of rotatable bonds is 3. The first kappa shape index (κ1) is 22.7. The molecule has 3 aromatic rings. The summed E-state index contributed by atoms with van der Waals surface area (Å²) in [7, 11) is 0. The third-order valence-corrected chi connectivity index (χ3v) is 4.38. The van der Waals surface area contributed by atoms with Crippen molar-refractivity contribution in [3.63, 3.8) is 0 Å². The minimum atomic E-state index is 0. The fraction of sp³-hybridized carbons (Fsp3) is 0.190. The van der Waals surface area contributed by atoms with E-state index in [9.17, 15) is 0 Å². The number of halogens is 2. The zero-order valence-electron chi connectivity index (χ0n) is 15.0. The smallest absolute Gasteiger partial charge is 0.147 e. The van der Waals surface area contributed by atoms with Gasteiger partial charge in [-0.25, -0.2) is 0 Å². The third-order valence-electron chi connectivity index (χ3n) is 4.06. The van der Waals surface area contributed by atoms with Crippen molar-refractivity contribution in [3.8, 4) is 5.75 Å². The van der Waals surface area contributed by atoms with Crippen LogP contribution < -0.4 is 3.32 Å². The molecule has 0 N–H and O–H groups in total. The van der Waals surface area contributed by atoms with Crippen LogP contribution in [-0.2, 0) is 26.2 Å². The van der Waals surface area contributed by atoms with Gasteiger partial charge in [-0.05, 0) is 0 Å². The molecule has 0 radical (unpaired) electrons. The van der Waals surface area contributed by atoms with Gasteiger partial charge >= 0.3 is 156 Å². The third kappa shape index (κ3) is 4.89. The molecule has 135 valence electrons. The quantitative estimate of drug-likeness (QED) is 0.345. The summed E-state index contributed by atoms with van der Waals surface area (Å²) in [6.45, 7) is 6.57. The molecule has 0 fully saturated rings. The molecule has 3 rings (SSSR count). The summed E-state index contributed by atoms with van der Waals surface area (Å²) in [5, 5.41) is 2.35. The summed E-state index contributed by atoms with van der Waals surface area (Å²) in [6, 6.07) is 20.7. The maximum atomic E-state index is 5.69. The molecular formula is C21H22Cl2NOTi. The molecule has 3 aromatic carbocycles. The minimum Gasteiger partial charge on any atom is -0.147 e. The van der Waals surface area contributed by atoms with Gasteiger partial charge in [-0.15, -0.1) is 24.8 Å². The Morgan fingerprint density at radius 1 is 0.885 bits per heavy atom. The van der Waals surface area contributed by atoms with Crippen LogP contribution in [0.3, 0.4) is 0 Å².